The fourth-order valence-electron chi connectivity index (χ4n) is 2.64. The van der Waals surface area contributed by atoms with E-state index in [0.717, 1.165) is 6.07 Å². The highest BCUT2D eigenvalue weighted by molar-refractivity contribution is 5.81. The number of alkyl halides is 3. The molecule has 0 aliphatic heterocycles. The van der Waals surface area contributed by atoms with Gasteiger partial charge in [0, 0.05) is 23.6 Å². The van der Waals surface area contributed by atoms with Crippen LogP contribution in [0.4, 0.5) is 24.5 Å². The van der Waals surface area contributed by atoms with Gasteiger partial charge in [0.15, 0.2) is 0 Å². The molecule has 12 heteroatoms. The largest absolute Gasteiger partial charge is 0.449 e. The highest BCUT2D eigenvalue weighted by Crippen LogP contribution is 2.46. The Bertz CT molecular complexity index is 1220. The van der Waals surface area contributed by atoms with Crippen LogP contribution in [0.3, 0.4) is 0 Å². The van der Waals surface area contributed by atoms with Gasteiger partial charge in [-0.3, -0.25) is 20.2 Å². The van der Waals surface area contributed by atoms with E-state index >= 15 is 0 Å². The maximum Gasteiger partial charge on any atom is 0.420 e. The number of nitro benzene ring substituents is 2. The SMILES string of the molecule is Cc1cc(=O)oc2cc(Oc3c([N+](=O)[O-])cc([N+](=O)[O-])cc3C(F)(F)F)ccc12. The summed E-state index contributed by atoms with van der Waals surface area (Å²) in [7, 11) is 0. The first kappa shape index (κ1) is 19.8. The van der Waals surface area contributed by atoms with Gasteiger partial charge in [0.25, 0.3) is 5.69 Å². The van der Waals surface area contributed by atoms with Crippen molar-refractivity contribution in [2.45, 2.75) is 13.1 Å². The average Bonchev–Trinajstić information content (AvgIpc) is 2.59. The van der Waals surface area contributed by atoms with Gasteiger partial charge in [0.2, 0.25) is 5.75 Å². The van der Waals surface area contributed by atoms with Crippen molar-refractivity contribution in [1.82, 2.24) is 0 Å². The van der Waals surface area contributed by atoms with E-state index in [1.165, 1.54) is 18.2 Å². The smallest absolute Gasteiger partial charge is 0.420 e. The van der Waals surface area contributed by atoms with Gasteiger partial charge >= 0.3 is 17.5 Å². The van der Waals surface area contributed by atoms with Crippen LogP contribution in [0.5, 0.6) is 11.5 Å². The molecule has 0 aliphatic rings. The molecule has 29 heavy (non-hydrogen) atoms. The van der Waals surface area contributed by atoms with Gasteiger partial charge in [0.05, 0.1) is 15.9 Å². The lowest BCUT2D eigenvalue weighted by Crippen LogP contribution is -2.10. The molecule has 0 saturated carbocycles. The van der Waals surface area contributed by atoms with E-state index in [1.807, 2.05) is 0 Å². The standard InChI is InChI=1S/C17H9F3N2O7/c1-8-4-15(23)29-14-7-10(2-3-11(8)14)28-16-12(17(18,19)20)5-9(21(24)25)6-13(16)22(26)27/h2-7H,1H3. The van der Waals surface area contributed by atoms with Crippen LogP contribution < -0.4 is 10.4 Å². The van der Waals surface area contributed by atoms with Crippen molar-refractivity contribution in [3.05, 3.63) is 78.2 Å². The van der Waals surface area contributed by atoms with Crippen LogP contribution in [0.15, 0.2) is 45.6 Å². The van der Waals surface area contributed by atoms with E-state index in [-0.39, 0.29) is 17.4 Å². The molecular weight excluding hydrogens is 401 g/mol. The van der Waals surface area contributed by atoms with Crippen LogP contribution in [0, 0.1) is 27.2 Å². The summed E-state index contributed by atoms with van der Waals surface area (Å²) in [5.74, 6) is -1.52. The van der Waals surface area contributed by atoms with Crippen molar-refractivity contribution >= 4 is 22.3 Å². The lowest BCUT2D eigenvalue weighted by molar-refractivity contribution is -0.395. The third-order valence-electron chi connectivity index (χ3n) is 3.91. The number of hydrogen-bond donors (Lipinski definition) is 0. The second kappa shape index (κ2) is 6.89. The first-order valence-electron chi connectivity index (χ1n) is 7.74. The minimum atomic E-state index is -5.17. The van der Waals surface area contributed by atoms with Crippen molar-refractivity contribution in [3.63, 3.8) is 0 Å². The minimum Gasteiger partial charge on any atom is -0.449 e. The molecule has 0 radical (unpaired) electrons. The maximum atomic E-state index is 13.4. The highest BCUT2D eigenvalue weighted by atomic mass is 19.4. The Morgan fingerprint density at radius 3 is 2.31 bits per heavy atom. The Labute approximate surface area is 158 Å². The first-order chi connectivity index (χ1) is 13.5. The molecule has 0 spiro atoms. The van der Waals surface area contributed by atoms with Crippen molar-refractivity contribution in [1.29, 1.82) is 0 Å². The fraction of sp³-hybridized carbons (Fsp3) is 0.118. The Morgan fingerprint density at radius 2 is 1.72 bits per heavy atom. The summed E-state index contributed by atoms with van der Waals surface area (Å²) >= 11 is 0. The second-order valence-corrected chi connectivity index (χ2v) is 5.86. The summed E-state index contributed by atoms with van der Waals surface area (Å²) in [6.07, 6.45) is -5.17. The van der Waals surface area contributed by atoms with Gasteiger partial charge in [-0.25, -0.2) is 4.79 Å². The number of hydrogen-bond acceptors (Lipinski definition) is 7. The van der Waals surface area contributed by atoms with E-state index in [9.17, 15) is 38.2 Å². The van der Waals surface area contributed by atoms with Crippen molar-refractivity contribution < 1.29 is 32.2 Å². The number of aryl methyl sites for hydroxylation is 1. The van der Waals surface area contributed by atoms with Crippen LogP contribution in [-0.2, 0) is 6.18 Å². The molecular formula is C17H9F3N2O7. The van der Waals surface area contributed by atoms with Gasteiger partial charge in [-0.15, -0.1) is 0 Å². The molecule has 3 rings (SSSR count). The lowest BCUT2D eigenvalue weighted by Gasteiger charge is -2.14. The number of fused-ring (bicyclic) bond motifs is 1. The molecule has 0 aliphatic carbocycles. The molecule has 2 aromatic carbocycles. The predicted octanol–water partition coefficient (Wildman–Crippen LogP) is 4.73. The Kier molecular flexibility index (Phi) is 4.70. The number of rotatable bonds is 4. The highest BCUT2D eigenvalue weighted by Gasteiger charge is 2.41. The average molecular weight is 410 g/mol. The summed E-state index contributed by atoms with van der Waals surface area (Å²) in [6.45, 7) is 1.61. The topological polar surface area (TPSA) is 126 Å². The zero-order valence-electron chi connectivity index (χ0n) is 14.4. The molecule has 0 unspecified atom stereocenters. The molecule has 3 aromatic rings. The number of non-ortho nitro benzene ring substituents is 1. The molecule has 0 amide bonds. The third-order valence-corrected chi connectivity index (χ3v) is 3.91. The monoisotopic (exact) mass is 410 g/mol. The Morgan fingerprint density at radius 1 is 1.03 bits per heavy atom. The number of ether oxygens (including phenoxy) is 1. The summed E-state index contributed by atoms with van der Waals surface area (Å²) in [5, 5.41) is 22.6. The van der Waals surface area contributed by atoms with Crippen LogP contribution >= 0.6 is 0 Å². The number of halogens is 3. The summed E-state index contributed by atoms with van der Waals surface area (Å²) in [6, 6.07) is 5.44. The zero-order chi connectivity index (χ0) is 21.5. The predicted molar refractivity (Wildman–Crippen MR) is 92.0 cm³/mol. The fourth-order valence-corrected chi connectivity index (χ4v) is 2.64. The quantitative estimate of drug-likeness (QED) is 0.346. The van der Waals surface area contributed by atoms with Crippen LogP contribution in [0.25, 0.3) is 11.0 Å². The van der Waals surface area contributed by atoms with Gasteiger partial charge in [-0.1, -0.05) is 0 Å². The van der Waals surface area contributed by atoms with Gasteiger partial charge in [-0.2, -0.15) is 13.2 Å². The van der Waals surface area contributed by atoms with Gasteiger partial charge in [-0.05, 0) is 24.6 Å². The molecule has 150 valence electrons. The van der Waals surface area contributed by atoms with Crippen molar-refractivity contribution in [3.8, 4) is 11.5 Å². The molecule has 0 saturated heterocycles. The Hall–Kier alpha value is -3.96. The van der Waals surface area contributed by atoms with Gasteiger partial charge in [0.1, 0.15) is 16.9 Å². The molecule has 0 atom stereocenters. The molecule has 0 fully saturated rings. The zero-order valence-corrected chi connectivity index (χ0v) is 14.4. The lowest BCUT2D eigenvalue weighted by atomic mass is 10.1. The third kappa shape index (κ3) is 3.85. The Balaban J connectivity index is 2.22. The van der Waals surface area contributed by atoms with Crippen molar-refractivity contribution in [2.24, 2.45) is 0 Å². The number of nitro groups is 2. The number of nitrogens with zero attached hydrogens (tertiary/aromatic N) is 2. The van der Waals surface area contributed by atoms with E-state index in [1.54, 1.807) is 6.92 Å². The van der Waals surface area contributed by atoms with Crippen LogP contribution in [0.1, 0.15) is 11.1 Å². The minimum absolute atomic E-state index is 0.00868. The normalized spacial score (nSPS) is 11.4. The molecule has 1 aromatic heterocycles. The molecule has 0 N–H and O–H groups in total. The molecule has 9 nitrogen and oxygen atoms in total. The van der Waals surface area contributed by atoms with E-state index < -0.39 is 44.3 Å². The molecule has 0 bridgehead atoms. The van der Waals surface area contributed by atoms with Crippen molar-refractivity contribution in [2.75, 3.05) is 0 Å². The van der Waals surface area contributed by atoms with Crippen LogP contribution in [0.2, 0.25) is 0 Å². The first-order valence-corrected chi connectivity index (χ1v) is 7.74. The van der Waals surface area contributed by atoms with Gasteiger partial charge < -0.3 is 9.15 Å². The summed E-state index contributed by atoms with van der Waals surface area (Å²) in [4.78, 5) is 31.2. The molecule has 1 heterocycles. The second-order valence-electron chi connectivity index (χ2n) is 5.86. The number of benzene rings is 2. The maximum absolute atomic E-state index is 13.4. The van der Waals surface area contributed by atoms with E-state index in [2.05, 4.69) is 0 Å². The summed E-state index contributed by atoms with van der Waals surface area (Å²) in [5.41, 5.74) is -4.21. The van der Waals surface area contributed by atoms with E-state index in [4.69, 9.17) is 9.15 Å². The van der Waals surface area contributed by atoms with Crippen LogP contribution in [-0.4, -0.2) is 9.85 Å². The summed E-state index contributed by atoms with van der Waals surface area (Å²) < 4.78 is 50.3. The van der Waals surface area contributed by atoms with E-state index in [0.29, 0.717) is 17.0 Å².